The molecule has 0 aliphatic heterocycles. The van der Waals surface area contributed by atoms with Crippen molar-refractivity contribution in [1.29, 1.82) is 0 Å². The van der Waals surface area contributed by atoms with Crippen molar-refractivity contribution in [3.05, 3.63) is 24.2 Å². The summed E-state index contributed by atoms with van der Waals surface area (Å²) in [5.74, 6) is -0.307. The lowest BCUT2D eigenvalue weighted by atomic mass is 10.3. The molecule has 0 saturated heterocycles. The quantitative estimate of drug-likeness (QED) is 0.783. The first-order valence-corrected chi connectivity index (χ1v) is 4.23. The molecule has 0 spiro atoms. The second kappa shape index (κ2) is 4.37. The third-order valence-electron chi connectivity index (χ3n) is 1.74. The molecule has 0 bridgehead atoms. The predicted octanol–water partition coefficient (Wildman–Crippen LogP) is 2.19. The van der Waals surface area contributed by atoms with Crippen LogP contribution in [0.5, 0.6) is 0 Å². The first-order valence-electron chi connectivity index (χ1n) is 4.23. The van der Waals surface area contributed by atoms with Crippen LogP contribution in [0, 0.1) is 0 Å². The third kappa shape index (κ3) is 4.05. The van der Waals surface area contributed by atoms with Gasteiger partial charge in [-0.2, -0.15) is 13.2 Å². The Morgan fingerprint density at radius 2 is 2.20 bits per heavy atom. The second-order valence-electron chi connectivity index (χ2n) is 3.07. The minimum absolute atomic E-state index is 0.165. The summed E-state index contributed by atoms with van der Waals surface area (Å²) in [6.07, 6.45) is -3.04. The minimum Gasteiger partial charge on any atom is -0.467 e. The molecule has 1 aromatic rings. The van der Waals surface area contributed by atoms with Crippen molar-refractivity contribution in [3.8, 4) is 0 Å². The van der Waals surface area contributed by atoms with Crippen LogP contribution in [0.15, 0.2) is 22.8 Å². The van der Waals surface area contributed by atoms with E-state index in [4.69, 9.17) is 4.42 Å². The normalized spacial score (nSPS) is 11.5. The predicted molar refractivity (Wildman–Crippen MR) is 45.9 cm³/mol. The Kier molecular flexibility index (Phi) is 3.39. The van der Waals surface area contributed by atoms with Crippen LogP contribution >= 0.6 is 0 Å². The molecule has 0 fully saturated rings. The Hall–Kier alpha value is -1.46. The zero-order valence-electron chi connectivity index (χ0n) is 8.04. The van der Waals surface area contributed by atoms with Gasteiger partial charge in [0, 0.05) is 6.92 Å². The summed E-state index contributed by atoms with van der Waals surface area (Å²) >= 11 is 0. The highest BCUT2D eigenvalue weighted by molar-refractivity contribution is 5.73. The fourth-order valence-electron chi connectivity index (χ4n) is 1.09. The summed E-state index contributed by atoms with van der Waals surface area (Å²) in [4.78, 5) is 11.6. The molecule has 6 heteroatoms. The van der Waals surface area contributed by atoms with E-state index in [-0.39, 0.29) is 6.54 Å². The van der Waals surface area contributed by atoms with Gasteiger partial charge in [-0.05, 0) is 12.1 Å². The molecule has 1 amide bonds. The monoisotopic (exact) mass is 221 g/mol. The first-order chi connectivity index (χ1) is 6.88. The van der Waals surface area contributed by atoms with Crippen LogP contribution < -0.4 is 0 Å². The number of alkyl halides is 3. The summed E-state index contributed by atoms with van der Waals surface area (Å²) < 4.78 is 41.1. The van der Waals surface area contributed by atoms with Gasteiger partial charge in [-0.3, -0.25) is 4.79 Å². The average molecular weight is 221 g/mol. The zero-order valence-corrected chi connectivity index (χ0v) is 8.04. The lowest BCUT2D eigenvalue weighted by Gasteiger charge is -2.21. The topological polar surface area (TPSA) is 33.5 Å². The molecule has 0 atom stereocenters. The lowest BCUT2D eigenvalue weighted by molar-refractivity contribution is -0.161. The van der Waals surface area contributed by atoms with E-state index in [0.29, 0.717) is 10.7 Å². The van der Waals surface area contributed by atoms with Gasteiger partial charge in [0.05, 0.1) is 12.8 Å². The third-order valence-corrected chi connectivity index (χ3v) is 1.74. The average Bonchev–Trinajstić information content (AvgIpc) is 2.52. The fourth-order valence-corrected chi connectivity index (χ4v) is 1.09. The summed E-state index contributed by atoms with van der Waals surface area (Å²) in [5, 5.41) is 0. The smallest absolute Gasteiger partial charge is 0.406 e. The highest BCUT2D eigenvalue weighted by Gasteiger charge is 2.32. The molecule has 1 aromatic heterocycles. The van der Waals surface area contributed by atoms with Crippen molar-refractivity contribution < 1.29 is 22.4 Å². The van der Waals surface area contributed by atoms with Gasteiger partial charge in [-0.15, -0.1) is 0 Å². The summed E-state index contributed by atoms with van der Waals surface area (Å²) in [6, 6.07) is 3.08. The molecule has 15 heavy (non-hydrogen) atoms. The van der Waals surface area contributed by atoms with E-state index < -0.39 is 18.6 Å². The van der Waals surface area contributed by atoms with Gasteiger partial charge in [0.2, 0.25) is 5.91 Å². The Morgan fingerprint density at radius 1 is 1.53 bits per heavy atom. The van der Waals surface area contributed by atoms with Crippen molar-refractivity contribution in [2.24, 2.45) is 0 Å². The van der Waals surface area contributed by atoms with Gasteiger partial charge in [0.1, 0.15) is 12.3 Å². The number of hydrogen-bond acceptors (Lipinski definition) is 2. The summed E-state index contributed by atoms with van der Waals surface area (Å²) in [5.41, 5.74) is 0. The van der Waals surface area contributed by atoms with Gasteiger partial charge in [-0.1, -0.05) is 0 Å². The number of carbonyl (C=O) groups is 1. The standard InChI is InChI=1S/C9H10F3NO2/c1-7(14)13(6-9(10,11)12)5-8-3-2-4-15-8/h2-4H,5-6H2,1H3. The minimum atomic E-state index is -4.39. The molecule has 3 nitrogen and oxygen atoms in total. The molecule has 84 valence electrons. The van der Waals surface area contributed by atoms with Crippen LogP contribution in [0.25, 0.3) is 0 Å². The van der Waals surface area contributed by atoms with Crippen LogP contribution in [0.1, 0.15) is 12.7 Å². The molecule has 0 aliphatic carbocycles. The maximum absolute atomic E-state index is 12.1. The number of rotatable bonds is 3. The van der Waals surface area contributed by atoms with E-state index in [0.717, 1.165) is 6.92 Å². The largest absolute Gasteiger partial charge is 0.467 e. The number of furan rings is 1. The number of carbonyl (C=O) groups excluding carboxylic acids is 1. The number of halogens is 3. The maximum Gasteiger partial charge on any atom is 0.406 e. The Labute approximate surface area is 84.5 Å². The van der Waals surface area contributed by atoms with E-state index in [2.05, 4.69) is 0 Å². The summed E-state index contributed by atoms with van der Waals surface area (Å²) in [6.45, 7) is -0.334. The van der Waals surface area contributed by atoms with Crippen molar-refractivity contribution in [1.82, 2.24) is 4.90 Å². The lowest BCUT2D eigenvalue weighted by Crippen LogP contribution is -2.36. The SMILES string of the molecule is CC(=O)N(Cc1ccco1)CC(F)(F)F. The van der Waals surface area contributed by atoms with Crippen molar-refractivity contribution >= 4 is 5.91 Å². The number of nitrogens with zero attached hydrogens (tertiary/aromatic N) is 1. The molecule has 0 aliphatic rings. The van der Waals surface area contributed by atoms with Gasteiger partial charge >= 0.3 is 6.18 Å². The first kappa shape index (κ1) is 11.6. The molecule has 1 heterocycles. The summed E-state index contributed by atoms with van der Waals surface area (Å²) in [7, 11) is 0. The Morgan fingerprint density at radius 3 is 2.60 bits per heavy atom. The molecule has 0 aromatic carbocycles. The van der Waals surface area contributed by atoms with E-state index in [9.17, 15) is 18.0 Å². The van der Waals surface area contributed by atoms with Crippen molar-refractivity contribution in [2.45, 2.75) is 19.6 Å². The van der Waals surface area contributed by atoms with E-state index >= 15 is 0 Å². The molecular weight excluding hydrogens is 211 g/mol. The molecule has 0 N–H and O–H groups in total. The number of hydrogen-bond donors (Lipinski definition) is 0. The fraction of sp³-hybridized carbons (Fsp3) is 0.444. The highest BCUT2D eigenvalue weighted by atomic mass is 19.4. The van der Waals surface area contributed by atoms with Gasteiger partial charge in [-0.25, -0.2) is 0 Å². The van der Waals surface area contributed by atoms with Gasteiger partial charge < -0.3 is 9.32 Å². The maximum atomic E-state index is 12.1. The molecule has 0 saturated carbocycles. The Bertz CT molecular complexity index is 319. The molecule has 1 rings (SSSR count). The Balaban J connectivity index is 2.63. The number of amides is 1. The van der Waals surface area contributed by atoms with Gasteiger partial charge in [0.25, 0.3) is 0 Å². The van der Waals surface area contributed by atoms with Crippen LogP contribution in [0.3, 0.4) is 0 Å². The van der Waals surface area contributed by atoms with E-state index in [1.54, 1.807) is 6.07 Å². The molecular formula is C9H10F3NO2. The van der Waals surface area contributed by atoms with Crippen LogP contribution in [0.2, 0.25) is 0 Å². The van der Waals surface area contributed by atoms with Gasteiger partial charge in [0.15, 0.2) is 0 Å². The highest BCUT2D eigenvalue weighted by Crippen LogP contribution is 2.18. The molecule has 0 radical (unpaired) electrons. The van der Waals surface area contributed by atoms with Crippen LogP contribution in [-0.2, 0) is 11.3 Å². The van der Waals surface area contributed by atoms with E-state index in [1.165, 1.54) is 12.3 Å². The van der Waals surface area contributed by atoms with Crippen molar-refractivity contribution in [2.75, 3.05) is 6.54 Å². The van der Waals surface area contributed by atoms with E-state index in [1.807, 2.05) is 0 Å². The second-order valence-corrected chi connectivity index (χ2v) is 3.07. The van der Waals surface area contributed by atoms with Crippen LogP contribution in [0.4, 0.5) is 13.2 Å². The zero-order chi connectivity index (χ0) is 11.5. The van der Waals surface area contributed by atoms with Crippen molar-refractivity contribution in [3.63, 3.8) is 0 Å². The van der Waals surface area contributed by atoms with Crippen LogP contribution in [-0.4, -0.2) is 23.5 Å². The molecule has 0 unspecified atom stereocenters.